The molecule has 0 unspecified atom stereocenters. The summed E-state index contributed by atoms with van der Waals surface area (Å²) in [5.41, 5.74) is 0. The van der Waals surface area contributed by atoms with Crippen LogP contribution in [0.1, 0.15) is 20.3 Å². The zero-order valence-corrected chi connectivity index (χ0v) is 6.96. The number of hydrogen-bond acceptors (Lipinski definition) is 0. The molecule has 0 saturated heterocycles. The molecule has 0 aromatic heterocycles. The van der Waals surface area contributed by atoms with Crippen LogP contribution in [-0.4, -0.2) is 5.33 Å². The van der Waals surface area contributed by atoms with E-state index in [1.807, 2.05) is 0 Å². The monoisotopic (exact) mass is 174 g/mol. The Morgan fingerprint density at radius 1 is 1.38 bits per heavy atom. The fourth-order valence-electron chi connectivity index (χ4n) is 0.324. The summed E-state index contributed by atoms with van der Waals surface area (Å²) < 4.78 is 0. The number of alkyl halides is 1. The summed E-state index contributed by atoms with van der Waals surface area (Å²) in [5, 5.41) is 0.805. The lowest BCUT2D eigenvalue weighted by molar-refractivity contribution is 0.676. The molecule has 0 rings (SSSR count). The molecule has 0 saturated carbocycles. The van der Waals surface area contributed by atoms with E-state index in [0.717, 1.165) is 11.8 Å². The van der Waals surface area contributed by atoms with Crippen LogP contribution in [-0.2, 0) is 0 Å². The predicted octanol–water partition coefficient (Wildman–Crippen LogP) is 2.43. The minimum absolute atomic E-state index is 0.710. The zero-order chi connectivity index (χ0) is 6.41. The molecule has 0 aliphatic rings. The summed E-state index contributed by atoms with van der Waals surface area (Å²) in [4.78, 5) is 0. The molecule has 0 atom stereocenters. The van der Waals surface area contributed by atoms with Crippen molar-refractivity contribution < 1.29 is 0 Å². The molecule has 0 heterocycles. The summed E-state index contributed by atoms with van der Waals surface area (Å²) in [6, 6.07) is 0. The molecule has 0 aliphatic carbocycles. The van der Waals surface area contributed by atoms with Gasteiger partial charge >= 0.3 is 0 Å². The van der Waals surface area contributed by atoms with Crippen molar-refractivity contribution in [2.75, 3.05) is 5.33 Å². The fraction of sp³-hybridized carbons (Fsp3) is 0.714. The first-order chi connectivity index (χ1) is 3.77. The smallest absolute Gasteiger partial charge is 0.0645 e. The Morgan fingerprint density at radius 3 is 2.38 bits per heavy atom. The van der Waals surface area contributed by atoms with Crippen molar-refractivity contribution in [2.45, 2.75) is 20.3 Å². The van der Waals surface area contributed by atoms with Gasteiger partial charge in [-0.1, -0.05) is 35.7 Å². The van der Waals surface area contributed by atoms with E-state index < -0.39 is 0 Å². The maximum Gasteiger partial charge on any atom is 0.0645 e. The van der Waals surface area contributed by atoms with Crippen molar-refractivity contribution in [3.63, 3.8) is 0 Å². The van der Waals surface area contributed by atoms with Crippen LogP contribution in [0.5, 0.6) is 0 Å². The number of halogens is 1. The average molecular weight is 175 g/mol. The second-order valence-corrected chi connectivity index (χ2v) is 2.65. The van der Waals surface area contributed by atoms with Gasteiger partial charge in [0.2, 0.25) is 0 Å². The van der Waals surface area contributed by atoms with Gasteiger partial charge in [-0.25, -0.2) is 0 Å². The van der Waals surface area contributed by atoms with Crippen LogP contribution in [0.2, 0.25) is 0 Å². The molecular formula is C7H11Br. The number of rotatable bonds is 1. The van der Waals surface area contributed by atoms with Gasteiger partial charge in [0.1, 0.15) is 0 Å². The third kappa shape index (κ3) is 6.04. The molecule has 1 heteroatoms. The number of hydrogen-bond donors (Lipinski definition) is 0. The highest BCUT2D eigenvalue weighted by Crippen LogP contribution is 1.95. The Balaban J connectivity index is 3.15. The van der Waals surface area contributed by atoms with Gasteiger partial charge in [0.25, 0.3) is 0 Å². The Bertz CT molecular complexity index is 94.7. The van der Waals surface area contributed by atoms with Crippen molar-refractivity contribution in [2.24, 2.45) is 5.92 Å². The van der Waals surface area contributed by atoms with Gasteiger partial charge in [0.15, 0.2) is 0 Å². The lowest BCUT2D eigenvalue weighted by atomic mass is 10.1. The van der Waals surface area contributed by atoms with Gasteiger partial charge in [-0.15, -0.1) is 5.92 Å². The third-order valence-electron chi connectivity index (χ3n) is 0.702. The topological polar surface area (TPSA) is 0 Å². The molecule has 0 radical (unpaired) electrons. The van der Waals surface area contributed by atoms with Crippen LogP contribution in [0.3, 0.4) is 0 Å². The first-order valence-corrected chi connectivity index (χ1v) is 3.91. The van der Waals surface area contributed by atoms with E-state index in [0.29, 0.717) is 5.92 Å². The van der Waals surface area contributed by atoms with Crippen molar-refractivity contribution in [3.8, 4) is 11.8 Å². The first-order valence-electron chi connectivity index (χ1n) is 2.79. The van der Waals surface area contributed by atoms with Crippen LogP contribution in [0.4, 0.5) is 0 Å². The first kappa shape index (κ1) is 8.04. The summed E-state index contributed by atoms with van der Waals surface area (Å²) >= 11 is 3.23. The molecule has 0 N–H and O–H groups in total. The van der Waals surface area contributed by atoms with Gasteiger partial charge in [0, 0.05) is 6.42 Å². The standard InChI is InChI=1S/C7H11Br/c1-7(2)5-3-4-6-8/h7H,5-6H2,1-2H3. The minimum atomic E-state index is 0.710. The quantitative estimate of drug-likeness (QED) is 0.424. The Labute approximate surface area is 59.8 Å². The lowest BCUT2D eigenvalue weighted by Crippen LogP contribution is -1.81. The Kier molecular flexibility index (Phi) is 5.21. The molecule has 0 aliphatic heterocycles. The molecule has 0 bridgehead atoms. The normalized spacial score (nSPS) is 8.50. The van der Waals surface area contributed by atoms with Crippen LogP contribution >= 0.6 is 15.9 Å². The fourth-order valence-corrected chi connectivity index (χ4v) is 0.522. The Hall–Kier alpha value is 0.0400. The van der Waals surface area contributed by atoms with Crippen LogP contribution in [0.25, 0.3) is 0 Å². The summed E-state index contributed by atoms with van der Waals surface area (Å²) in [6.07, 6.45) is 1.02. The van der Waals surface area contributed by atoms with E-state index in [2.05, 4.69) is 41.6 Å². The lowest BCUT2D eigenvalue weighted by Gasteiger charge is -1.91. The summed E-state index contributed by atoms with van der Waals surface area (Å²) in [5.74, 6) is 6.69. The molecule has 0 aromatic rings. The van der Waals surface area contributed by atoms with Gasteiger partial charge in [-0.2, -0.15) is 0 Å². The van der Waals surface area contributed by atoms with Crippen LogP contribution in [0, 0.1) is 17.8 Å². The summed E-state index contributed by atoms with van der Waals surface area (Å²) in [6.45, 7) is 4.34. The van der Waals surface area contributed by atoms with Crippen molar-refractivity contribution in [1.29, 1.82) is 0 Å². The van der Waals surface area contributed by atoms with E-state index in [1.54, 1.807) is 0 Å². The molecular weight excluding hydrogens is 164 g/mol. The summed E-state index contributed by atoms with van der Waals surface area (Å²) in [7, 11) is 0. The predicted molar refractivity (Wildman–Crippen MR) is 41.0 cm³/mol. The van der Waals surface area contributed by atoms with Gasteiger partial charge in [0.05, 0.1) is 5.33 Å². The third-order valence-corrected chi connectivity index (χ3v) is 0.982. The molecule has 0 fully saturated rings. The second-order valence-electron chi connectivity index (χ2n) is 2.09. The van der Waals surface area contributed by atoms with Crippen LogP contribution < -0.4 is 0 Å². The highest BCUT2D eigenvalue weighted by atomic mass is 79.9. The molecule has 0 amide bonds. The van der Waals surface area contributed by atoms with Gasteiger partial charge in [-0.3, -0.25) is 0 Å². The molecule has 46 valence electrons. The highest BCUT2D eigenvalue weighted by molar-refractivity contribution is 9.09. The van der Waals surface area contributed by atoms with E-state index >= 15 is 0 Å². The molecule has 0 nitrogen and oxygen atoms in total. The van der Waals surface area contributed by atoms with Gasteiger partial charge < -0.3 is 0 Å². The molecule has 0 aromatic carbocycles. The van der Waals surface area contributed by atoms with E-state index in [9.17, 15) is 0 Å². The molecule has 8 heavy (non-hydrogen) atoms. The maximum atomic E-state index is 3.23. The van der Waals surface area contributed by atoms with E-state index in [-0.39, 0.29) is 0 Å². The highest BCUT2D eigenvalue weighted by Gasteiger charge is 1.84. The molecule has 0 spiro atoms. The Morgan fingerprint density at radius 2 is 2.00 bits per heavy atom. The largest absolute Gasteiger partial charge is 0.102 e. The second kappa shape index (κ2) is 5.18. The maximum absolute atomic E-state index is 3.23. The minimum Gasteiger partial charge on any atom is -0.102 e. The van der Waals surface area contributed by atoms with Gasteiger partial charge in [-0.05, 0) is 5.92 Å². The van der Waals surface area contributed by atoms with E-state index in [4.69, 9.17) is 0 Å². The van der Waals surface area contributed by atoms with Crippen molar-refractivity contribution in [3.05, 3.63) is 0 Å². The van der Waals surface area contributed by atoms with Crippen LogP contribution in [0.15, 0.2) is 0 Å². The SMILES string of the molecule is CC(C)CC#CCBr. The van der Waals surface area contributed by atoms with Crippen molar-refractivity contribution in [1.82, 2.24) is 0 Å². The van der Waals surface area contributed by atoms with E-state index in [1.165, 1.54) is 0 Å². The average Bonchev–Trinajstić information content (AvgIpc) is 1.66. The van der Waals surface area contributed by atoms with Crippen molar-refractivity contribution >= 4 is 15.9 Å². The zero-order valence-electron chi connectivity index (χ0n) is 5.37.